The molecule has 0 amide bonds. The number of para-hydroxylation sites is 1. The van der Waals surface area contributed by atoms with Crippen LogP contribution in [0.4, 0.5) is 0 Å². The molecule has 1 aliphatic heterocycles. The number of imidazole rings is 1. The molecule has 1 fully saturated rings. The van der Waals surface area contributed by atoms with E-state index < -0.39 is 0 Å². The lowest BCUT2D eigenvalue weighted by molar-refractivity contribution is 0.261. The molecule has 0 spiro atoms. The lowest BCUT2D eigenvalue weighted by Crippen LogP contribution is -2.28. The van der Waals surface area contributed by atoms with Crippen molar-refractivity contribution in [2.45, 2.75) is 45.7 Å². The quantitative estimate of drug-likeness (QED) is 0.801. The van der Waals surface area contributed by atoms with E-state index in [2.05, 4.69) is 48.4 Å². The van der Waals surface area contributed by atoms with E-state index in [1.807, 2.05) is 0 Å². The smallest absolute Gasteiger partial charge is 0.124 e. The van der Waals surface area contributed by atoms with Gasteiger partial charge in [0, 0.05) is 19.1 Å². The van der Waals surface area contributed by atoms with Crippen molar-refractivity contribution in [2.24, 2.45) is 5.92 Å². The first-order valence-corrected chi connectivity index (χ1v) is 8.38. The van der Waals surface area contributed by atoms with Crippen LogP contribution in [0.25, 0.3) is 11.0 Å². The van der Waals surface area contributed by atoms with Crippen LogP contribution >= 0.6 is 11.6 Å². The number of aryl methyl sites for hydroxylation is 1. The number of hydrogen-bond acceptors (Lipinski definition) is 2. The minimum atomic E-state index is 0.481. The molecular weight excluding hydrogens is 282 g/mol. The van der Waals surface area contributed by atoms with E-state index in [0.29, 0.717) is 17.8 Å². The van der Waals surface area contributed by atoms with Crippen molar-refractivity contribution < 1.29 is 0 Å². The third kappa shape index (κ3) is 2.82. The Morgan fingerprint density at radius 3 is 2.86 bits per heavy atom. The number of halogens is 1. The van der Waals surface area contributed by atoms with Crippen LogP contribution in [-0.4, -0.2) is 33.6 Å². The van der Waals surface area contributed by atoms with Gasteiger partial charge in [-0.3, -0.25) is 0 Å². The van der Waals surface area contributed by atoms with Crippen LogP contribution < -0.4 is 0 Å². The summed E-state index contributed by atoms with van der Waals surface area (Å²) in [6.45, 7) is 10.2. The molecule has 0 saturated carbocycles. The maximum atomic E-state index is 6.13. The van der Waals surface area contributed by atoms with Crippen LogP contribution in [0.15, 0.2) is 18.2 Å². The van der Waals surface area contributed by atoms with E-state index in [9.17, 15) is 0 Å². The molecular formula is C17H24ClN3. The minimum absolute atomic E-state index is 0.481. The zero-order valence-corrected chi connectivity index (χ0v) is 13.9. The number of rotatable bonds is 4. The van der Waals surface area contributed by atoms with Crippen LogP contribution in [0.5, 0.6) is 0 Å². The second kappa shape index (κ2) is 5.98. The maximum Gasteiger partial charge on any atom is 0.124 e. The van der Waals surface area contributed by atoms with Crippen LogP contribution in [0, 0.1) is 12.8 Å². The van der Waals surface area contributed by atoms with Crippen molar-refractivity contribution in [1.82, 2.24) is 14.5 Å². The van der Waals surface area contributed by atoms with Crippen molar-refractivity contribution in [3.63, 3.8) is 0 Å². The summed E-state index contributed by atoms with van der Waals surface area (Å²) in [6, 6.07) is 6.96. The van der Waals surface area contributed by atoms with Gasteiger partial charge in [0.05, 0.1) is 16.9 Å². The van der Waals surface area contributed by atoms with Gasteiger partial charge in [0.1, 0.15) is 5.82 Å². The number of hydrogen-bond donors (Lipinski definition) is 0. The molecule has 3 nitrogen and oxygen atoms in total. The molecule has 0 N–H and O–H groups in total. The summed E-state index contributed by atoms with van der Waals surface area (Å²) in [5.74, 6) is 2.18. The van der Waals surface area contributed by atoms with Gasteiger partial charge in [-0.1, -0.05) is 12.1 Å². The Labute approximate surface area is 131 Å². The lowest BCUT2D eigenvalue weighted by atomic mass is 10.1. The topological polar surface area (TPSA) is 21.1 Å². The van der Waals surface area contributed by atoms with Crippen LogP contribution in [0.2, 0.25) is 0 Å². The molecule has 1 saturated heterocycles. The van der Waals surface area contributed by atoms with E-state index in [0.717, 1.165) is 17.9 Å². The fourth-order valence-electron chi connectivity index (χ4n) is 3.45. The summed E-state index contributed by atoms with van der Waals surface area (Å²) in [7, 11) is 0. The first-order chi connectivity index (χ1) is 10.1. The maximum absolute atomic E-state index is 6.13. The van der Waals surface area contributed by atoms with E-state index >= 15 is 0 Å². The lowest BCUT2D eigenvalue weighted by Gasteiger charge is -2.21. The molecule has 0 bridgehead atoms. The second-order valence-corrected chi connectivity index (χ2v) is 6.73. The standard InChI is InChI=1S/C17H24ClN3/c1-12(2)20-8-7-14(10-20)11-21-16(9-18)19-15-6-4-5-13(3)17(15)21/h4-6,12,14H,7-11H2,1-3H3. The second-order valence-electron chi connectivity index (χ2n) is 6.46. The van der Waals surface area contributed by atoms with Crippen molar-refractivity contribution in [2.75, 3.05) is 13.1 Å². The Bertz CT molecular complexity index is 632. The average Bonchev–Trinajstić information content (AvgIpc) is 3.05. The van der Waals surface area contributed by atoms with E-state index in [-0.39, 0.29) is 0 Å². The molecule has 21 heavy (non-hydrogen) atoms. The van der Waals surface area contributed by atoms with Gasteiger partial charge in [-0.25, -0.2) is 4.98 Å². The van der Waals surface area contributed by atoms with E-state index in [1.165, 1.54) is 30.6 Å². The molecule has 4 heteroatoms. The minimum Gasteiger partial charge on any atom is -0.326 e. The van der Waals surface area contributed by atoms with Crippen LogP contribution in [-0.2, 0) is 12.4 Å². The van der Waals surface area contributed by atoms with Crippen molar-refractivity contribution in [1.29, 1.82) is 0 Å². The summed E-state index contributed by atoms with van der Waals surface area (Å²) >= 11 is 6.13. The Balaban J connectivity index is 1.90. The fraction of sp³-hybridized carbons (Fsp3) is 0.588. The first kappa shape index (κ1) is 14.9. The van der Waals surface area contributed by atoms with Crippen molar-refractivity contribution in [3.05, 3.63) is 29.6 Å². The molecule has 2 aromatic rings. The van der Waals surface area contributed by atoms with Gasteiger partial charge < -0.3 is 9.47 Å². The van der Waals surface area contributed by atoms with Gasteiger partial charge in [-0.15, -0.1) is 11.6 Å². The van der Waals surface area contributed by atoms with Gasteiger partial charge in [0.15, 0.2) is 0 Å². The normalized spacial score (nSPS) is 20.0. The highest BCUT2D eigenvalue weighted by Crippen LogP contribution is 2.26. The zero-order valence-electron chi connectivity index (χ0n) is 13.1. The Morgan fingerprint density at radius 1 is 1.38 bits per heavy atom. The van der Waals surface area contributed by atoms with Gasteiger partial charge in [-0.05, 0) is 51.3 Å². The fourth-order valence-corrected chi connectivity index (χ4v) is 3.65. The third-order valence-corrected chi connectivity index (χ3v) is 4.89. The number of benzene rings is 1. The summed E-state index contributed by atoms with van der Waals surface area (Å²) < 4.78 is 2.35. The number of alkyl halides is 1. The molecule has 114 valence electrons. The molecule has 2 heterocycles. The number of nitrogens with zero attached hydrogens (tertiary/aromatic N) is 3. The van der Waals surface area contributed by atoms with Crippen molar-refractivity contribution >= 4 is 22.6 Å². The molecule has 1 atom stereocenters. The summed E-state index contributed by atoms with van der Waals surface area (Å²) in [4.78, 5) is 7.27. The largest absolute Gasteiger partial charge is 0.326 e. The molecule has 1 aromatic carbocycles. The molecule has 0 radical (unpaired) electrons. The molecule has 1 unspecified atom stereocenters. The number of likely N-dealkylation sites (tertiary alicyclic amines) is 1. The van der Waals surface area contributed by atoms with Crippen molar-refractivity contribution in [3.8, 4) is 0 Å². The zero-order chi connectivity index (χ0) is 15.0. The molecule has 0 aliphatic carbocycles. The highest BCUT2D eigenvalue weighted by Gasteiger charge is 2.25. The Hall–Kier alpha value is -1.06. The molecule has 3 rings (SSSR count). The third-order valence-electron chi connectivity index (χ3n) is 4.66. The van der Waals surface area contributed by atoms with Gasteiger partial charge in [-0.2, -0.15) is 0 Å². The highest BCUT2D eigenvalue weighted by atomic mass is 35.5. The summed E-state index contributed by atoms with van der Waals surface area (Å²) in [5.41, 5.74) is 3.62. The highest BCUT2D eigenvalue weighted by molar-refractivity contribution is 6.16. The molecule has 1 aliphatic rings. The monoisotopic (exact) mass is 305 g/mol. The predicted molar refractivity (Wildman–Crippen MR) is 88.8 cm³/mol. The first-order valence-electron chi connectivity index (χ1n) is 7.85. The Kier molecular flexibility index (Phi) is 4.23. The predicted octanol–water partition coefficient (Wildman–Crippen LogP) is 3.81. The SMILES string of the molecule is Cc1cccc2nc(CCl)n(CC3CCN(C(C)C)C3)c12. The summed E-state index contributed by atoms with van der Waals surface area (Å²) in [5, 5.41) is 0. The van der Waals surface area contributed by atoms with E-state index in [1.54, 1.807) is 0 Å². The number of aromatic nitrogens is 2. The van der Waals surface area contributed by atoms with E-state index in [4.69, 9.17) is 16.6 Å². The Morgan fingerprint density at radius 2 is 2.19 bits per heavy atom. The van der Waals surface area contributed by atoms with Crippen LogP contribution in [0.3, 0.4) is 0 Å². The van der Waals surface area contributed by atoms with Gasteiger partial charge in [0.2, 0.25) is 0 Å². The number of fused-ring (bicyclic) bond motifs is 1. The van der Waals surface area contributed by atoms with Crippen LogP contribution in [0.1, 0.15) is 31.7 Å². The van der Waals surface area contributed by atoms with Gasteiger partial charge >= 0.3 is 0 Å². The summed E-state index contributed by atoms with van der Waals surface area (Å²) in [6.07, 6.45) is 1.27. The average molecular weight is 306 g/mol. The van der Waals surface area contributed by atoms with Gasteiger partial charge in [0.25, 0.3) is 0 Å². The molecule has 1 aromatic heterocycles.